The minimum atomic E-state index is -0.572. The van der Waals surface area contributed by atoms with Crippen LogP contribution in [0.4, 0.5) is 4.79 Å². The first-order chi connectivity index (χ1) is 9.15. The van der Waals surface area contributed by atoms with Crippen molar-refractivity contribution in [2.24, 2.45) is 0 Å². The Labute approximate surface area is 130 Å². The second kappa shape index (κ2) is 9.39. The number of amides is 2. The number of nitrogens with one attached hydrogen (secondary N) is 2. The summed E-state index contributed by atoms with van der Waals surface area (Å²) in [6.07, 6.45) is 1.98. The van der Waals surface area contributed by atoms with Crippen LogP contribution in [-0.2, 0) is 9.53 Å². The lowest BCUT2D eigenvalue weighted by molar-refractivity contribution is -0.121. The summed E-state index contributed by atoms with van der Waals surface area (Å²) in [6.45, 7) is 9.35. The Bertz CT molecular complexity index is 317. The van der Waals surface area contributed by atoms with E-state index in [1.165, 1.54) is 11.9 Å². The van der Waals surface area contributed by atoms with E-state index in [1.807, 2.05) is 20.1 Å². The summed E-state index contributed by atoms with van der Waals surface area (Å²) in [5, 5.41) is 2.93. The van der Waals surface area contributed by atoms with Gasteiger partial charge in [-0.1, -0.05) is 13.8 Å². The van der Waals surface area contributed by atoms with E-state index in [9.17, 15) is 9.59 Å². The van der Waals surface area contributed by atoms with Gasteiger partial charge in [0.1, 0.15) is 11.6 Å². The third kappa shape index (κ3) is 10.3. The highest BCUT2D eigenvalue weighted by Gasteiger charge is 2.24. The fourth-order valence-corrected chi connectivity index (χ4v) is 2.17. The zero-order valence-electron chi connectivity index (χ0n) is 13.1. The molecule has 1 atom stereocenters. The molecule has 0 rings (SSSR count). The SMILES string of the molecule is CSCCC(NC(=O)OC(C)(C)C)C(=O)NSC(C)C. The van der Waals surface area contributed by atoms with Gasteiger partial charge in [0.15, 0.2) is 0 Å². The van der Waals surface area contributed by atoms with Crippen LogP contribution < -0.4 is 10.0 Å². The van der Waals surface area contributed by atoms with Crippen LogP contribution >= 0.6 is 23.7 Å². The van der Waals surface area contributed by atoms with Gasteiger partial charge < -0.3 is 10.1 Å². The molecule has 0 radical (unpaired) electrons. The first-order valence-electron chi connectivity index (χ1n) is 6.59. The van der Waals surface area contributed by atoms with Gasteiger partial charge in [0.25, 0.3) is 5.91 Å². The van der Waals surface area contributed by atoms with Crippen molar-refractivity contribution in [1.29, 1.82) is 0 Å². The van der Waals surface area contributed by atoms with Crippen molar-refractivity contribution in [2.75, 3.05) is 12.0 Å². The van der Waals surface area contributed by atoms with E-state index < -0.39 is 17.7 Å². The van der Waals surface area contributed by atoms with Gasteiger partial charge in [0.2, 0.25) is 0 Å². The third-order valence-electron chi connectivity index (χ3n) is 2.01. The topological polar surface area (TPSA) is 67.4 Å². The Morgan fingerprint density at radius 3 is 2.30 bits per heavy atom. The first-order valence-corrected chi connectivity index (χ1v) is 8.87. The molecule has 7 heteroatoms. The molecule has 0 aliphatic rings. The summed E-state index contributed by atoms with van der Waals surface area (Å²) in [5.74, 6) is 0.601. The van der Waals surface area contributed by atoms with Gasteiger partial charge >= 0.3 is 6.09 Å². The van der Waals surface area contributed by atoms with Crippen LogP contribution in [0.2, 0.25) is 0 Å². The van der Waals surface area contributed by atoms with Gasteiger partial charge in [-0.05, 0) is 51.1 Å². The lowest BCUT2D eigenvalue weighted by Gasteiger charge is -2.23. The number of carbonyl (C=O) groups is 2. The van der Waals surface area contributed by atoms with E-state index >= 15 is 0 Å². The van der Waals surface area contributed by atoms with E-state index in [1.54, 1.807) is 32.5 Å². The van der Waals surface area contributed by atoms with Crippen molar-refractivity contribution in [3.63, 3.8) is 0 Å². The van der Waals surface area contributed by atoms with E-state index in [2.05, 4.69) is 10.0 Å². The number of carbonyl (C=O) groups excluding carboxylic acids is 2. The smallest absolute Gasteiger partial charge is 0.408 e. The molecule has 0 saturated carbocycles. The number of alkyl carbamates (subject to hydrolysis) is 1. The number of rotatable bonds is 7. The molecule has 0 spiro atoms. The molecule has 0 aliphatic heterocycles. The van der Waals surface area contributed by atoms with Crippen LogP contribution in [0.1, 0.15) is 41.0 Å². The highest BCUT2D eigenvalue weighted by atomic mass is 32.2. The van der Waals surface area contributed by atoms with Crippen LogP contribution in [0.25, 0.3) is 0 Å². The average molecular weight is 322 g/mol. The highest BCUT2D eigenvalue weighted by Crippen LogP contribution is 2.10. The van der Waals surface area contributed by atoms with E-state index in [4.69, 9.17) is 4.74 Å². The summed E-state index contributed by atoms with van der Waals surface area (Å²) in [6, 6.07) is -0.566. The zero-order valence-corrected chi connectivity index (χ0v) is 14.7. The van der Waals surface area contributed by atoms with Crippen LogP contribution in [0.5, 0.6) is 0 Å². The average Bonchev–Trinajstić information content (AvgIpc) is 2.28. The molecule has 118 valence electrons. The normalized spacial score (nSPS) is 12.9. The Morgan fingerprint density at radius 1 is 1.25 bits per heavy atom. The Hall–Kier alpha value is -0.560. The molecule has 20 heavy (non-hydrogen) atoms. The largest absolute Gasteiger partial charge is 0.444 e. The molecule has 0 aromatic rings. The molecule has 2 N–H and O–H groups in total. The monoisotopic (exact) mass is 322 g/mol. The molecule has 0 saturated heterocycles. The van der Waals surface area contributed by atoms with Crippen LogP contribution in [-0.4, -0.2) is 40.9 Å². The number of hydrogen-bond donors (Lipinski definition) is 2. The van der Waals surface area contributed by atoms with Gasteiger partial charge in [-0.3, -0.25) is 9.52 Å². The quantitative estimate of drug-likeness (QED) is 0.706. The Kier molecular flexibility index (Phi) is 9.13. The van der Waals surface area contributed by atoms with Crippen LogP contribution in [0, 0.1) is 0 Å². The van der Waals surface area contributed by atoms with Crippen molar-refractivity contribution >= 4 is 35.7 Å². The summed E-state index contributed by atoms with van der Waals surface area (Å²) in [4.78, 5) is 23.8. The number of hydrogen-bond acceptors (Lipinski definition) is 5. The second-order valence-electron chi connectivity index (χ2n) is 5.61. The maximum absolute atomic E-state index is 12.0. The first kappa shape index (κ1) is 19.4. The molecule has 5 nitrogen and oxygen atoms in total. The number of thioether (sulfide) groups is 1. The lowest BCUT2D eigenvalue weighted by atomic mass is 10.2. The van der Waals surface area contributed by atoms with Gasteiger partial charge in [0.05, 0.1) is 0 Å². The fraction of sp³-hybridized carbons (Fsp3) is 0.846. The maximum Gasteiger partial charge on any atom is 0.408 e. The van der Waals surface area contributed by atoms with Crippen molar-refractivity contribution in [2.45, 2.75) is 57.9 Å². The fourth-order valence-electron chi connectivity index (χ4n) is 1.20. The molecule has 0 aromatic heterocycles. The summed E-state index contributed by atoms with van der Waals surface area (Å²) < 4.78 is 7.94. The summed E-state index contributed by atoms with van der Waals surface area (Å²) >= 11 is 2.98. The van der Waals surface area contributed by atoms with Gasteiger partial charge in [-0.2, -0.15) is 11.8 Å². The van der Waals surface area contributed by atoms with E-state index in [0.717, 1.165) is 5.75 Å². The van der Waals surface area contributed by atoms with Crippen molar-refractivity contribution < 1.29 is 14.3 Å². The molecule has 0 bridgehead atoms. The summed E-state index contributed by atoms with van der Waals surface area (Å²) in [5.41, 5.74) is -0.572. The molecular weight excluding hydrogens is 296 g/mol. The predicted molar refractivity (Wildman–Crippen MR) is 87.0 cm³/mol. The minimum Gasteiger partial charge on any atom is -0.444 e. The van der Waals surface area contributed by atoms with Crippen LogP contribution in [0.3, 0.4) is 0 Å². The molecule has 0 aromatic carbocycles. The molecule has 0 heterocycles. The molecule has 1 unspecified atom stereocenters. The Morgan fingerprint density at radius 2 is 1.85 bits per heavy atom. The molecule has 2 amide bonds. The lowest BCUT2D eigenvalue weighted by Crippen LogP contribution is -2.47. The zero-order chi connectivity index (χ0) is 15.8. The maximum atomic E-state index is 12.0. The van der Waals surface area contributed by atoms with Crippen molar-refractivity contribution in [1.82, 2.24) is 10.0 Å². The van der Waals surface area contributed by atoms with Gasteiger partial charge in [0, 0.05) is 5.25 Å². The van der Waals surface area contributed by atoms with Gasteiger partial charge in [-0.15, -0.1) is 0 Å². The van der Waals surface area contributed by atoms with Crippen molar-refractivity contribution in [3.8, 4) is 0 Å². The van der Waals surface area contributed by atoms with Gasteiger partial charge in [-0.25, -0.2) is 4.79 Å². The molecule has 0 fully saturated rings. The van der Waals surface area contributed by atoms with Crippen molar-refractivity contribution in [3.05, 3.63) is 0 Å². The minimum absolute atomic E-state index is 0.191. The second-order valence-corrected chi connectivity index (χ2v) is 7.98. The molecule has 0 aliphatic carbocycles. The Balaban J connectivity index is 4.47. The number of ether oxygens (including phenoxy) is 1. The standard InChI is InChI=1S/C13H26N2O3S2/c1-9(2)20-15-11(16)10(7-8-19-6)14-12(17)18-13(3,4)5/h9-10H,7-8H2,1-6H3,(H,14,17)(H,15,16). The molecular formula is C13H26N2O3S2. The highest BCUT2D eigenvalue weighted by molar-refractivity contribution is 7.98. The van der Waals surface area contributed by atoms with Crippen LogP contribution in [0.15, 0.2) is 0 Å². The summed E-state index contributed by atoms with van der Waals surface area (Å²) in [7, 11) is 0. The van der Waals surface area contributed by atoms with E-state index in [-0.39, 0.29) is 5.91 Å². The predicted octanol–water partition coefficient (Wildman–Crippen LogP) is 2.81. The van der Waals surface area contributed by atoms with E-state index in [0.29, 0.717) is 11.7 Å². The third-order valence-corrected chi connectivity index (χ3v) is 3.45.